The van der Waals surface area contributed by atoms with Gasteiger partial charge < -0.3 is 14.8 Å². The molecule has 0 unspecified atom stereocenters. The lowest BCUT2D eigenvalue weighted by Gasteiger charge is -2.31. The third kappa shape index (κ3) is 2.88. The first-order valence-electron chi connectivity index (χ1n) is 6.71. The van der Waals surface area contributed by atoms with E-state index in [-0.39, 0.29) is 12.2 Å². The minimum absolute atomic E-state index is 0.0989. The first-order valence-corrected chi connectivity index (χ1v) is 7.53. The van der Waals surface area contributed by atoms with Gasteiger partial charge in [0, 0.05) is 13.2 Å². The molecule has 1 aliphatic heterocycles. The first kappa shape index (κ1) is 12.8. The fourth-order valence-electron chi connectivity index (χ4n) is 2.35. The van der Waals surface area contributed by atoms with E-state index in [1.807, 2.05) is 25.1 Å². The molecule has 1 aliphatic rings. The van der Waals surface area contributed by atoms with Crippen molar-refractivity contribution in [1.82, 2.24) is 10.3 Å². The summed E-state index contributed by atoms with van der Waals surface area (Å²) < 4.78 is 12.9. The summed E-state index contributed by atoms with van der Waals surface area (Å²) in [6, 6.07) is 8.11. The number of rotatable bonds is 4. The highest BCUT2D eigenvalue weighted by Gasteiger charge is 2.27. The highest BCUT2D eigenvalue weighted by Crippen LogP contribution is 2.29. The Labute approximate surface area is 116 Å². The highest BCUT2D eigenvalue weighted by atomic mass is 32.1. The van der Waals surface area contributed by atoms with Crippen LogP contribution in [-0.4, -0.2) is 36.9 Å². The molecule has 1 N–H and O–H groups in total. The van der Waals surface area contributed by atoms with Crippen molar-refractivity contribution in [3.05, 3.63) is 24.3 Å². The number of nitrogens with one attached hydrogen (secondary N) is 1. The Hall–Kier alpha value is -1.17. The van der Waals surface area contributed by atoms with Gasteiger partial charge in [0.2, 0.25) is 0 Å². The summed E-state index contributed by atoms with van der Waals surface area (Å²) in [4.78, 5) is 4.52. The molecule has 102 valence electrons. The van der Waals surface area contributed by atoms with E-state index in [1.54, 1.807) is 11.3 Å². The Balaban J connectivity index is 1.75. The molecule has 5 heteroatoms. The molecule has 0 spiro atoms. The molecule has 0 aliphatic carbocycles. The van der Waals surface area contributed by atoms with Crippen LogP contribution in [0.4, 0.5) is 0 Å². The normalized spacial score (nSPS) is 23.6. The van der Waals surface area contributed by atoms with Crippen LogP contribution in [0, 0.1) is 0 Å². The Morgan fingerprint density at radius 2 is 2.26 bits per heavy atom. The zero-order valence-electron chi connectivity index (χ0n) is 11.0. The number of aromatic nitrogens is 1. The van der Waals surface area contributed by atoms with Gasteiger partial charge in [-0.25, -0.2) is 4.98 Å². The minimum atomic E-state index is 0.0989. The van der Waals surface area contributed by atoms with Gasteiger partial charge in [-0.05, 0) is 32.0 Å². The minimum Gasteiger partial charge on any atom is -0.464 e. The molecule has 2 atom stereocenters. The van der Waals surface area contributed by atoms with Crippen molar-refractivity contribution in [3.8, 4) is 5.19 Å². The van der Waals surface area contributed by atoms with Gasteiger partial charge in [0.05, 0.1) is 10.2 Å². The second-order valence-corrected chi connectivity index (χ2v) is 5.58. The molecule has 4 nitrogen and oxygen atoms in total. The predicted octanol–water partition coefficient (Wildman–Crippen LogP) is 2.44. The van der Waals surface area contributed by atoms with E-state index < -0.39 is 0 Å². The largest absolute Gasteiger partial charge is 0.464 e. The van der Waals surface area contributed by atoms with E-state index in [2.05, 4.69) is 16.4 Å². The monoisotopic (exact) mass is 278 g/mol. The summed E-state index contributed by atoms with van der Waals surface area (Å²) in [6.07, 6.45) is 1.17. The van der Waals surface area contributed by atoms with E-state index in [4.69, 9.17) is 9.47 Å². The average molecular weight is 278 g/mol. The quantitative estimate of drug-likeness (QED) is 0.933. The van der Waals surface area contributed by atoms with Crippen LogP contribution in [0.1, 0.15) is 13.3 Å². The maximum absolute atomic E-state index is 6.05. The van der Waals surface area contributed by atoms with Crippen LogP contribution < -0.4 is 10.1 Å². The van der Waals surface area contributed by atoms with Crippen molar-refractivity contribution in [1.29, 1.82) is 0 Å². The number of thiazole rings is 1. The molecule has 2 heterocycles. The molecular weight excluding hydrogens is 260 g/mol. The van der Waals surface area contributed by atoms with Crippen molar-refractivity contribution in [2.45, 2.75) is 25.6 Å². The summed E-state index contributed by atoms with van der Waals surface area (Å²) in [7, 11) is 0. The summed E-state index contributed by atoms with van der Waals surface area (Å²) in [6.45, 7) is 4.55. The Bertz CT molecular complexity index is 508. The fourth-order valence-corrected chi connectivity index (χ4v) is 3.22. The van der Waals surface area contributed by atoms with Gasteiger partial charge in [-0.1, -0.05) is 23.5 Å². The first-order chi connectivity index (χ1) is 9.36. The van der Waals surface area contributed by atoms with Crippen LogP contribution in [-0.2, 0) is 4.74 Å². The van der Waals surface area contributed by atoms with Gasteiger partial charge in [-0.15, -0.1) is 0 Å². The lowest BCUT2D eigenvalue weighted by atomic mass is 10.1. The second-order valence-electron chi connectivity index (χ2n) is 4.59. The number of nitrogens with zero attached hydrogens (tertiary/aromatic N) is 1. The number of ether oxygens (including phenoxy) is 2. The van der Waals surface area contributed by atoms with Gasteiger partial charge >= 0.3 is 0 Å². The molecule has 0 radical (unpaired) electrons. The molecule has 1 aromatic carbocycles. The molecule has 0 saturated carbocycles. The zero-order valence-corrected chi connectivity index (χ0v) is 11.8. The molecule has 19 heavy (non-hydrogen) atoms. The van der Waals surface area contributed by atoms with Gasteiger partial charge in [0.25, 0.3) is 5.19 Å². The maximum Gasteiger partial charge on any atom is 0.274 e. The molecule has 2 aromatic rings. The SMILES string of the molecule is CCO[C@@H]1CNCC[C@H]1Oc1nc2ccccc2s1. The van der Waals surface area contributed by atoms with Crippen molar-refractivity contribution in [2.24, 2.45) is 0 Å². The maximum atomic E-state index is 6.05. The lowest BCUT2D eigenvalue weighted by Crippen LogP contribution is -2.48. The van der Waals surface area contributed by atoms with Crippen molar-refractivity contribution >= 4 is 21.6 Å². The van der Waals surface area contributed by atoms with Crippen LogP contribution in [0.25, 0.3) is 10.2 Å². The predicted molar refractivity (Wildman–Crippen MR) is 76.9 cm³/mol. The smallest absolute Gasteiger partial charge is 0.274 e. The number of fused-ring (bicyclic) bond motifs is 1. The zero-order chi connectivity index (χ0) is 13.1. The summed E-state index contributed by atoms with van der Waals surface area (Å²) in [5.74, 6) is 0. The Kier molecular flexibility index (Phi) is 3.96. The molecule has 1 fully saturated rings. The average Bonchev–Trinajstić information content (AvgIpc) is 2.83. The van der Waals surface area contributed by atoms with Gasteiger partial charge in [-0.3, -0.25) is 0 Å². The van der Waals surface area contributed by atoms with Crippen LogP contribution in [0.15, 0.2) is 24.3 Å². The molecule has 1 saturated heterocycles. The van der Waals surface area contributed by atoms with E-state index in [9.17, 15) is 0 Å². The van der Waals surface area contributed by atoms with Crippen LogP contribution in [0.5, 0.6) is 5.19 Å². The van der Waals surface area contributed by atoms with E-state index in [0.717, 1.165) is 30.2 Å². The van der Waals surface area contributed by atoms with E-state index in [0.29, 0.717) is 6.61 Å². The van der Waals surface area contributed by atoms with Crippen LogP contribution >= 0.6 is 11.3 Å². The number of para-hydroxylation sites is 1. The third-order valence-corrected chi connectivity index (χ3v) is 4.20. The van der Waals surface area contributed by atoms with Crippen LogP contribution in [0.2, 0.25) is 0 Å². The molecule has 3 rings (SSSR count). The standard InChI is InChI=1S/C14H18N2O2S/c1-2-17-12-9-15-8-7-11(12)18-14-16-10-5-3-4-6-13(10)19-14/h3-6,11-12,15H,2,7-9H2,1H3/t11-,12-/m1/s1. The molecular formula is C14H18N2O2S. The van der Waals surface area contributed by atoms with Gasteiger partial charge in [0.1, 0.15) is 12.2 Å². The van der Waals surface area contributed by atoms with Crippen molar-refractivity contribution in [2.75, 3.05) is 19.7 Å². The summed E-state index contributed by atoms with van der Waals surface area (Å²) in [5, 5.41) is 4.09. The van der Waals surface area contributed by atoms with Gasteiger partial charge in [0.15, 0.2) is 0 Å². The second kappa shape index (κ2) is 5.86. The Morgan fingerprint density at radius 1 is 1.37 bits per heavy atom. The number of piperidine rings is 1. The third-order valence-electron chi connectivity index (χ3n) is 3.27. The Morgan fingerprint density at radius 3 is 3.11 bits per heavy atom. The highest BCUT2D eigenvalue weighted by molar-refractivity contribution is 7.20. The summed E-state index contributed by atoms with van der Waals surface area (Å²) in [5.41, 5.74) is 1.00. The molecule has 0 bridgehead atoms. The van der Waals surface area contributed by atoms with Crippen molar-refractivity contribution in [3.63, 3.8) is 0 Å². The van der Waals surface area contributed by atoms with Crippen molar-refractivity contribution < 1.29 is 9.47 Å². The number of benzene rings is 1. The topological polar surface area (TPSA) is 43.4 Å². The lowest BCUT2D eigenvalue weighted by molar-refractivity contribution is -0.0343. The summed E-state index contributed by atoms with van der Waals surface area (Å²) >= 11 is 1.60. The number of hydrogen-bond acceptors (Lipinski definition) is 5. The van der Waals surface area contributed by atoms with Crippen LogP contribution in [0.3, 0.4) is 0 Å². The fraction of sp³-hybridized carbons (Fsp3) is 0.500. The van der Waals surface area contributed by atoms with Gasteiger partial charge in [-0.2, -0.15) is 0 Å². The van der Waals surface area contributed by atoms with E-state index >= 15 is 0 Å². The molecule has 0 amide bonds. The van der Waals surface area contributed by atoms with E-state index in [1.165, 1.54) is 4.70 Å². The molecule has 1 aromatic heterocycles. The number of hydrogen-bond donors (Lipinski definition) is 1.